The lowest BCUT2D eigenvalue weighted by Crippen LogP contribution is -1.92. The van der Waals surface area contributed by atoms with Crippen LogP contribution in [0.2, 0.25) is 0 Å². The molecule has 0 aliphatic carbocycles. The number of thioether (sulfide) groups is 1. The second kappa shape index (κ2) is 5.15. The lowest BCUT2D eigenvalue weighted by Gasteiger charge is -2.04. The minimum atomic E-state index is -0.210. The third kappa shape index (κ3) is 3.50. The van der Waals surface area contributed by atoms with Gasteiger partial charge in [-0.25, -0.2) is 4.39 Å². The molecule has 1 rings (SSSR count). The van der Waals surface area contributed by atoms with Crippen molar-refractivity contribution in [2.24, 2.45) is 0 Å². The molecule has 0 heterocycles. The lowest BCUT2D eigenvalue weighted by atomic mass is 10.2. The monoisotopic (exact) mass is 212 g/mol. The first-order chi connectivity index (χ1) is 6.59. The van der Waals surface area contributed by atoms with Crippen LogP contribution in [-0.2, 0) is 4.79 Å². The van der Waals surface area contributed by atoms with Crippen LogP contribution in [-0.4, -0.2) is 11.5 Å². The molecule has 1 nitrogen and oxygen atoms in total. The van der Waals surface area contributed by atoms with Crippen molar-refractivity contribution in [2.75, 3.05) is 5.75 Å². The molecule has 0 spiro atoms. The molecule has 0 radical (unpaired) electrons. The standard InChI is InChI=1S/C11H13FOS/c1-8-7-10(12)3-4-11(8)14-6-5-9(2)13/h3-4,7H,5-6H2,1-2H3. The maximum atomic E-state index is 12.7. The molecule has 1 aromatic rings. The van der Waals surface area contributed by atoms with E-state index in [9.17, 15) is 9.18 Å². The van der Waals surface area contributed by atoms with Crippen molar-refractivity contribution in [3.63, 3.8) is 0 Å². The normalized spacial score (nSPS) is 10.2. The molecule has 0 aliphatic rings. The zero-order chi connectivity index (χ0) is 10.6. The zero-order valence-corrected chi connectivity index (χ0v) is 9.16. The average molecular weight is 212 g/mol. The van der Waals surface area contributed by atoms with Crippen LogP contribution < -0.4 is 0 Å². The third-order valence-corrected chi connectivity index (χ3v) is 3.03. The summed E-state index contributed by atoms with van der Waals surface area (Å²) in [4.78, 5) is 11.7. The van der Waals surface area contributed by atoms with Crippen LogP contribution in [0, 0.1) is 12.7 Å². The molecule has 0 fully saturated rings. The number of rotatable bonds is 4. The number of halogens is 1. The van der Waals surface area contributed by atoms with Crippen LogP contribution in [0.15, 0.2) is 23.1 Å². The fourth-order valence-electron chi connectivity index (χ4n) is 1.08. The van der Waals surface area contributed by atoms with Gasteiger partial charge in [-0.1, -0.05) is 0 Å². The molecule has 0 unspecified atom stereocenters. The Morgan fingerprint density at radius 2 is 2.21 bits per heavy atom. The van der Waals surface area contributed by atoms with Gasteiger partial charge in [-0.05, 0) is 37.6 Å². The van der Waals surface area contributed by atoms with Gasteiger partial charge in [0.2, 0.25) is 0 Å². The number of ketones is 1. The fraction of sp³-hybridized carbons (Fsp3) is 0.364. The third-order valence-electron chi connectivity index (χ3n) is 1.85. The van der Waals surface area contributed by atoms with Crippen molar-refractivity contribution >= 4 is 17.5 Å². The van der Waals surface area contributed by atoms with E-state index in [0.29, 0.717) is 6.42 Å². The number of benzene rings is 1. The highest BCUT2D eigenvalue weighted by Gasteiger charge is 2.01. The van der Waals surface area contributed by atoms with Crippen LogP contribution in [0.4, 0.5) is 4.39 Å². The maximum Gasteiger partial charge on any atom is 0.130 e. The first kappa shape index (κ1) is 11.2. The topological polar surface area (TPSA) is 17.1 Å². The molecule has 0 aliphatic heterocycles. The predicted molar refractivity (Wildman–Crippen MR) is 57.2 cm³/mol. The number of aryl methyl sites for hydroxylation is 1. The van der Waals surface area contributed by atoms with E-state index < -0.39 is 0 Å². The van der Waals surface area contributed by atoms with Crippen molar-refractivity contribution in [3.8, 4) is 0 Å². The van der Waals surface area contributed by atoms with Gasteiger partial charge in [-0.15, -0.1) is 11.8 Å². The van der Waals surface area contributed by atoms with Gasteiger partial charge in [0, 0.05) is 17.1 Å². The smallest absolute Gasteiger partial charge is 0.130 e. The Balaban J connectivity index is 2.55. The van der Waals surface area contributed by atoms with Crippen LogP contribution in [0.3, 0.4) is 0 Å². The van der Waals surface area contributed by atoms with Crippen molar-refractivity contribution < 1.29 is 9.18 Å². The Kier molecular flexibility index (Phi) is 4.14. The highest BCUT2D eigenvalue weighted by atomic mass is 32.2. The molecular formula is C11H13FOS. The highest BCUT2D eigenvalue weighted by molar-refractivity contribution is 7.99. The molecule has 14 heavy (non-hydrogen) atoms. The Morgan fingerprint density at radius 1 is 1.50 bits per heavy atom. The molecule has 76 valence electrons. The first-order valence-corrected chi connectivity index (χ1v) is 5.46. The lowest BCUT2D eigenvalue weighted by molar-refractivity contribution is -0.116. The van der Waals surface area contributed by atoms with Gasteiger partial charge < -0.3 is 0 Å². The van der Waals surface area contributed by atoms with Gasteiger partial charge >= 0.3 is 0 Å². The second-order valence-electron chi connectivity index (χ2n) is 3.21. The number of Topliss-reactive ketones (excluding diaryl/α,β-unsaturated/α-hetero) is 1. The van der Waals surface area contributed by atoms with Gasteiger partial charge in [0.25, 0.3) is 0 Å². The van der Waals surface area contributed by atoms with E-state index in [1.165, 1.54) is 12.1 Å². The van der Waals surface area contributed by atoms with Gasteiger partial charge in [0.05, 0.1) is 0 Å². The molecule has 1 aromatic carbocycles. The molecule has 0 N–H and O–H groups in total. The molecule has 3 heteroatoms. The molecule has 0 bridgehead atoms. The second-order valence-corrected chi connectivity index (χ2v) is 4.35. The fourth-order valence-corrected chi connectivity index (χ4v) is 2.14. The van der Waals surface area contributed by atoms with E-state index in [2.05, 4.69) is 0 Å². The van der Waals surface area contributed by atoms with Gasteiger partial charge in [-0.3, -0.25) is 4.79 Å². The van der Waals surface area contributed by atoms with E-state index in [1.54, 1.807) is 24.8 Å². The highest BCUT2D eigenvalue weighted by Crippen LogP contribution is 2.23. The number of hydrogen-bond acceptors (Lipinski definition) is 2. The number of carbonyl (C=O) groups excluding carboxylic acids is 1. The van der Waals surface area contributed by atoms with Crippen molar-refractivity contribution in [1.29, 1.82) is 0 Å². The summed E-state index contributed by atoms with van der Waals surface area (Å²) in [7, 11) is 0. The summed E-state index contributed by atoms with van der Waals surface area (Å²) in [6.45, 7) is 3.46. The first-order valence-electron chi connectivity index (χ1n) is 4.48. The SMILES string of the molecule is CC(=O)CCSc1ccc(F)cc1C. The molecule has 0 saturated carbocycles. The summed E-state index contributed by atoms with van der Waals surface area (Å²) < 4.78 is 12.7. The van der Waals surface area contributed by atoms with Gasteiger partial charge in [0.1, 0.15) is 11.6 Å². The summed E-state index contributed by atoms with van der Waals surface area (Å²) in [6, 6.07) is 4.72. The summed E-state index contributed by atoms with van der Waals surface area (Å²) in [5.74, 6) is 0.748. The average Bonchev–Trinajstić information content (AvgIpc) is 2.08. The van der Waals surface area contributed by atoms with Crippen LogP contribution >= 0.6 is 11.8 Å². The quantitative estimate of drug-likeness (QED) is 0.713. The Bertz CT molecular complexity index is 336. The van der Waals surface area contributed by atoms with E-state index in [0.717, 1.165) is 16.2 Å². The van der Waals surface area contributed by atoms with Gasteiger partial charge in [0.15, 0.2) is 0 Å². The summed E-state index contributed by atoms with van der Waals surface area (Å²) in [6.07, 6.45) is 0.571. The maximum absolute atomic E-state index is 12.7. The predicted octanol–water partition coefficient (Wildman–Crippen LogP) is 3.21. The van der Waals surface area contributed by atoms with Crippen LogP contribution in [0.5, 0.6) is 0 Å². The molecule has 0 aromatic heterocycles. The van der Waals surface area contributed by atoms with Crippen LogP contribution in [0.25, 0.3) is 0 Å². The van der Waals surface area contributed by atoms with Crippen molar-refractivity contribution in [2.45, 2.75) is 25.2 Å². The number of carbonyl (C=O) groups is 1. The zero-order valence-electron chi connectivity index (χ0n) is 8.34. The largest absolute Gasteiger partial charge is 0.300 e. The Labute approximate surface area is 87.7 Å². The van der Waals surface area contributed by atoms with E-state index in [4.69, 9.17) is 0 Å². The summed E-state index contributed by atoms with van der Waals surface area (Å²) >= 11 is 1.60. The summed E-state index contributed by atoms with van der Waals surface area (Å²) in [5.41, 5.74) is 0.929. The Morgan fingerprint density at radius 3 is 2.79 bits per heavy atom. The minimum absolute atomic E-state index is 0.192. The summed E-state index contributed by atoms with van der Waals surface area (Å²) in [5, 5.41) is 0. The number of hydrogen-bond donors (Lipinski definition) is 0. The van der Waals surface area contributed by atoms with Crippen molar-refractivity contribution in [3.05, 3.63) is 29.6 Å². The van der Waals surface area contributed by atoms with E-state index >= 15 is 0 Å². The van der Waals surface area contributed by atoms with Gasteiger partial charge in [-0.2, -0.15) is 0 Å². The molecule has 0 amide bonds. The minimum Gasteiger partial charge on any atom is -0.300 e. The van der Waals surface area contributed by atoms with Crippen molar-refractivity contribution in [1.82, 2.24) is 0 Å². The molecule has 0 saturated heterocycles. The van der Waals surface area contributed by atoms with Crippen LogP contribution in [0.1, 0.15) is 18.9 Å². The molecular weight excluding hydrogens is 199 g/mol. The Hall–Kier alpha value is -0.830. The molecule has 0 atom stereocenters. The van der Waals surface area contributed by atoms with E-state index in [1.807, 2.05) is 6.92 Å². The van der Waals surface area contributed by atoms with E-state index in [-0.39, 0.29) is 11.6 Å².